The summed E-state index contributed by atoms with van der Waals surface area (Å²) >= 11 is 0. The first-order chi connectivity index (χ1) is 17.6. The van der Waals surface area contributed by atoms with Crippen molar-refractivity contribution in [3.8, 4) is 22.8 Å². The quantitative estimate of drug-likeness (QED) is 0.392. The van der Waals surface area contributed by atoms with Crippen molar-refractivity contribution in [3.63, 3.8) is 0 Å². The molecule has 1 saturated heterocycles. The molecule has 4 aromatic rings. The molecular formula is C28H27FN2O5. The number of furan rings is 1. The lowest BCUT2D eigenvalue weighted by atomic mass is 10.0. The molecule has 1 N–H and O–H groups in total. The molecule has 7 nitrogen and oxygen atoms in total. The number of nitrogens with zero attached hydrogens (tertiary/aromatic N) is 1. The summed E-state index contributed by atoms with van der Waals surface area (Å²) in [6, 6.07) is 17.3. The van der Waals surface area contributed by atoms with Gasteiger partial charge in [0.25, 0.3) is 5.91 Å². The first-order valence-electron chi connectivity index (χ1n) is 11.7. The van der Waals surface area contributed by atoms with Crippen molar-refractivity contribution in [3.05, 3.63) is 77.6 Å². The zero-order chi connectivity index (χ0) is 25.1. The lowest BCUT2D eigenvalue weighted by molar-refractivity contribution is 0.0964. The number of fused-ring (bicyclic) bond motifs is 1. The van der Waals surface area contributed by atoms with E-state index in [9.17, 15) is 9.18 Å². The minimum Gasteiger partial charge on any atom is -0.497 e. The van der Waals surface area contributed by atoms with Gasteiger partial charge in [-0.2, -0.15) is 0 Å². The van der Waals surface area contributed by atoms with Gasteiger partial charge < -0.3 is 28.8 Å². The van der Waals surface area contributed by atoms with E-state index in [2.05, 4.69) is 10.2 Å². The lowest BCUT2D eigenvalue weighted by Crippen LogP contribution is -2.36. The van der Waals surface area contributed by atoms with E-state index in [4.69, 9.17) is 18.6 Å². The number of anilines is 1. The molecule has 0 aliphatic carbocycles. The van der Waals surface area contributed by atoms with Crippen molar-refractivity contribution in [2.75, 3.05) is 45.4 Å². The second kappa shape index (κ2) is 10.3. The smallest absolute Gasteiger partial charge is 0.255 e. The van der Waals surface area contributed by atoms with Gasteiger partial charge >= 0.3 is 0 Å². The van der Waals surface area contributed by atoms with E-state index in [1.54, 1.807) is 26.3 Å². The summed E-state index contributed by atoms with van der Waals surface area (Å²) < 4.78 is 37.0. The maximum atomic E-state index is 13.6. The molecule has 0 radical (unpaired) electrons. The van der Waals surface area contributed by atoms with Gasteiger partial charge in [-0.25, -0.2) is 4.39 Å². The summed E-state index contributed by atoms with van der Waals surface area (Å²) in [7, 11) is 3.19. The first-order valence-corrected chi connectivity index (χ1v) is 11.7. The first kappa shape index (κ1) is 23.7. The lowest BCUT2D eigenvalue weighted by Gasteiger charge is -2.30. The number of amides is 1. The van der Waals surface area contributed by atoms with E-state index < -0.39 is 0 Å². The van der Waals surface area contributed by atoms with Gasteiger partial charge in [-0.1, -0.05) is 12.1 Å². The number of morpholine rings is 1. The fraction of sp³-hybridized carbons (Fsp3) is 0.250. The van der Waals surface area contributed by atoms with Crippen LogP contribution in [-0.2, 0) is 11.3 Å². The van der Waals surface area contributed by atoms with E-state index in [0.29, 0.717) is 66.5 Å². The van der Waals surface area contributed by atoms with Crippen LogP contribution in [0.3, 0.4) is 0 Å². The van der Waals surface area contributed by atoms with Crippen LogP contribution in [-0.4, -0.2) is 46.4 Å². The number of halogens is 1. The molecule has 5 rings (SSSR count). The van der Waals surface area contributed by atoms with Gasteiger partial charge in [-0.3, -0.25) is 4.79 Å². The fourth-order valence-corrected chi connectivity index (χ4v) is 4.36. The van der Waals surface area contributed by atoms with E-state index in [-0.39, 0.29) is 11.7 Å². The molecule has 3 aromatic carbocycles. The van der Waals surface area contributed by atoms with Gasteiger partial charge in [0.05, 0.1) is 31.6 Å². The summed E-state index contributed by atoms with van der Waals surface area (Å²) in [5.41, 5.74) is 3.34. The average molecular weight is 491 g/mol. The number of carbonyl (C=O) groups is 1. The minimum atomic E-state index is -0.362. The monoisotopic (exact) mass is 490 g/mol. The van der Waals surface area contributed by atoms with Crippen LogP contribution in [0.4, 0.5) is 10.1 Å². The number of hydrogen-bond acceptors (Lipinski definition) is 6. The Morgan fingerprint density at radius 2 is 1.86 bits per heavy atom. The van der Waals surface area contributed by atoms with Crippen LogP contribution in [0, 0.1) is 5.82 Å². The van der Waals surface area contributed by atoms with E-state index in [1.807, 2.05) is 36.4 Å². The standard InChI is InChI=1S/C28H27FN2O5/c1-30-28(32)26-22-15-25(35-17-18-4-3-5-21(14-18)33-2)23(31-10-12-34-13-11-31)16-24(22)36-27(26)19-6-8-20(29)9-7-19/h3-9,14-16H,10-13,17H2,1-2H3,(H,30,32). The molecule has 0 spiro atoms. The Labute approximate surface area is 208 Å². The molecule has 1 aliphatic rings. The zero-order valence-corrected chi connectivity index (χ0v) is 20.2. The maximum Gasteiger partial charge on any atom is 0.255 e. The second-order valence-electron chi connectivity index (χ2n) is 8.45. The molecule has 1 aliphatic heterocycles. The highest BCUT2D eigenvalue weighted by Crippen LogP contribution is 2.41. The molecule has 36 heavy (non-hydrogen) atoms. The van der Waals surface area contributed by atoms with E-state index in [0.717, 1.165) is 17.0 Å². The second-order valence-corrected chi connectivity index (χ2v) is 8.45. The Hall–Kier alpha value is -4.04. The Morgan fingerprint density at radius 3 is 2.58 bits per heavy atom. The summed E-state index contributed by atoms with van der Waals surface area (Å²) in [5.74, 6) is 1.09. The highest BCUT2D eigenvalue weighted by Gasteiger charge is 2.25. The largest absolute Gasteiger partial charge is 0.497 e. The molecule has 1 fully saturated rings. The number of rotatable bonds is 7. The van der Waals surface area contributed by atoms with Crippen LogP contribution < -0.4 is 19.7 Å². The van der Waals surface area contributed by atoms with Gasteiger partial charge in [-0.05, 0) is 48.0 Å². The Morgan fingerprint density at radius 1 is 1.08 bits per heavy atom. The van der Waals surface area contributed by atoms with E-state index >= 15 is 0 Å². The van der Waals surface area contributed by atoms with Gasteiger partial charge in [0, 0.05) is 37.2 Å². The predicted octanol–water partition coefficient (Wildman–Crippen LogP) is 5.02. The number of methoxy groups -OCH3 is 1. The maximum absolute atomic E-state index is 13.6. The Kier molecular flexibility index (Phi) is 6.77. The normalized spacial score (nSPS) is 13.6. The summed E-state index contributed by atoms with van der Waals surface area (Å²) in [6.07, 6.45) is 0. The average Bonchev–Trinajstić information content (AvgIpc) is 3.30. The molecule has 2 heterocycles. The van der Waals surface area contributed by atoms with Gasteiger partial charge in [0.1, 0.15) is 35.3 Å². The zero-order valence-electron chi connectivity index (χ0n) is 20.2. The summed E-state index contributed by atoms with van der Waals surface area (Å²) in [6.45, 7) is 2.94. The number of hydrogen-bond donors (Lipinski definition) is 1. The van der Waals surface area contributed by atoms with Crippen LogP contribution >= 0.6 is 0 Å². The van der Waals surface area contributed by atoms with Crippen molar-refractivity contribution < 1.29 is 27.8 Å². The molecular weight excluding hydrogens is 463 g/mol. The molecule has 1 aromatic heterocycles. The SMILES string of the molecule is CNC(=O)c1c(-c2ccc(F)cc2)oc2cc(N3CCOCC3)c(OCc3cccc(OC)c3)cc12. The predicted molar refractivity (Wildman–Crippen MR) is 135 cm³/mol. The van der Waals surface area contributed by atoms with Crippen LogP contribution in [0.5, 0.6) is 11.5 Å². The van der Waals surface area contributed by atoms with Crippen LogP contribution in [0.1, 0.15) is 15.9 Å². The van der Waals surface area contributed by atoms with Gasteiger partial charge in [-0.15, -0.1) is 0 Å². The highest BCUT2D eigenvalue weighted by atomic mass is 19.1. The number of ether oxygens (including phenoxy) is 3. The highest BCUT2D eigenvalue weighted by molar-refractivity contribution is 6.12. The van der Waals surface area contributed by atoms with Crippen LogP contribution in [0.15, 0.2) is 65.1 Å². The molecule has 0 bridgehead atoms. The number of nitrogens with one attached hydrogen (secondary N) is 1. The summed E-state index contributed by atoms with van der Waals surface area (Å²) in [4.78, 5) is 15.2. The Bertz CT molecular complexity index is 1380. The molecule has 186 valence electrons. The van der Waals surface area contributed by atoms with Gasteiger partial charge in [0.15, 0.2) is 0 Å². The van der Waals surface area contributed by atoms with Crippen LogP contribution in [0.25, 0.3) is 22.3 Å². The van der Waals surface area contributed by atoms with Crippen LogP contribution in [0.2, 0.25) is 0 Å². The molecule has 8 heteroatoms. The van der Waals surface area contributed by atoms with Crippen molar-refractivity contribution in [2.24, 2.45) is 0 Å². The summed E-state index contributed by atoms with van der Waals surface area (Å²) in [5, 5.41) is 3.31. The minimum absolute atomic E-state index is 0.300. The van der Waals surface area contributed by atoms with Crippen molar-refractivity contribution in [2.45, 2.75) is 6.61 Å². The van der Waals surface area contributed by atoms with Crippen molar-refractivity contribution in [1.29, 1.82) is 0 Å². The van der Waals surface area contributed by atoms with Gasteiger partial charge in [0.2, 0.25) is 0 Å². The number of carbonyl (C=O) groups excluding carboxylic acids is 1. The number of benzene rings is 3. The third kappa shape index (κ3) is 4.72. The topological polar surface area (TPSA) is 73.2 Å². The van der Waals surface area contributed by atoms with Crippen molar-refractivity contribution >= 4 is 22.6 Å². The third-order valence-electron chi connectivity index (χ3n) is 6.21. The Balaban J connectivity index is 1.62. The molecule has 0 atom stereocenters. The molecule has 0 unspecified atom stereocenters. The molecule has 1 amide bonds. The fourth-order valence-electron chi connectivity index (χ4n) is 4.36. The van der Waals surface area contributed by atoms with E-state index in [1.165, 1.54) is 12.1 Å². The third-order valence-corrected chi connectivity index (χ3v) is 6.21. The molecule has 0 saturated carbocycles. The van der Waals surface area contributed by atoms with Crippen molar-refractivity contribution in [1.82, 2.24) is 5.32 Å².